The number of aromatic nitrogens is 1. The van der Waals surface area contributed by atoms with Crippen LogP contribution in [0.3, 0.4) is 0 Å². The van der Waals surface area contributed by atoms with Crippen molar-refractivity contribution in [3.8, 4) is 0 Å². The van der Waals surface area contributed by atoms with Crippen LogP contribution in [0, 0.1) is 0 Å². The fourth-order valence-corrected chi connectivity index (χ4v) is 1.42. The fraction of sp³-hybridized carbons (Fsp3) is 0.545. The highest BCUT2D eigenvalue weighted by molar-refractivity contribution is 5.16. The molecule has 0 radical (unpaired) electrons. The zero-order valence-electron chi connectivity index (χ0n) is 9.78. The molecule has 0 saturated carbocycles. The van der Waals surface area contributed by atoms with Crippen molar-refractivity contribution >= 4 is 0 Å². The van der Waals surface area contributed by atoms with Crippen molar-refractivity contribution in [1.29, 1.82) is 0 Å². The minimum Gasteiger partial charge on any atom is -0.390 e. The Hall–Kier alpha value is -1.18. The highest BCUT2D eigenvalue weighted by atomic mass is 19.4. The van der Waals surface area contributed by atoms with Gasteiger partial charge >= 0.3 is 6.18 Å². The molecule has 0 aromatic carbocycles. The normalized spacial score (nSPS) is 15.4. The number of aliphatic hydroxyl groups excluding tert-OH is 2. The second-order valence-electron chi connectivity index (χ2n) is 3.85. The quantitative estimate of drug-likeness (QED) is 0.745. The van der Waals surface area contributed by atoms with Gasteiger partial charge in [-0.3, -0.25) is 0 Å². The molecule has 0 aliphatic rings. The molecule has 18 heavy (non-hydrogen) atoms. The van der Waals surface area contributed by atoms with E-state index in [0.29, 0.717) is 6.54 Å². The number of rotatable bonds is 5. The van der Waals surface area contributed by atoms with Crippen molar-refractivity contribution in [2.45, 2.75) is 24.8 Å². The first-order valence-corrected chi connectivity index (χ1v) is 5.41. The maximum Gasteiger partial charge on any atom is 0.433 e. The van der Waals surface area contributed by atoms with Crippen LogP contribution in [0.5, 0.6) is 0 Å². The van der Waals surface area contributed by atoms with Crippen LogP contribution in [0.4, 0.5) is 13.2 Å². The first kappa shape index (κ1) is 14.9. The Morgan fingerprint density at radius 2 is 2.00 bits per heavy atom. The molecule has 3 N–H and O–H groups in total. The van der Waals surface area contributed by atoms with Crippen molar-refractivity contribution in [2.75, 3.05) is 13.6 Å². The van der Waals surface area contributed by atoms with Gasteiger partial charge in [-0.15, -0.1) is 0 Å². The summed E-state index contributed by atoms with van der Waals surface area (Å²) in [5.74, 6) is 0. The van der Waals surface area contributed by atoms with Crippen molar-refractivity contribution in [3.63, 3.8) is 0 Å². The largest absolute Gasteiger partial charge is 0.433 e. The number of hydrogen-bond donors (Lipinski definition) is 3. The van der Waals surface area contributed by atoms with Gasteiger partial charge in [0.25, 0.3) is 0 Å². The molecule has 0 amide bonds. The molecule has 0 fully saturated rings. The summed E-state index contributed by atoms with van der Waals surface area (Å²) in [6, 6.07) is 3.22. The molecule has 0 aliphatic heterocycles. The lowest BCUT2D eigenvalue weighted by Gasteiger charge is -2.18. The van der Waals surface area contributed by atoms with Gasteiger partial charge in [0.2, 0.25) is 0 Å². The number of nitrogens with zero attached hydrogens (tertiary/aromatic N) is 1. The van der Waals surface area contributed by atoms with E-state index in [1.165, 1.54) is 6.07 Å². The first-order chi connectivity index (χ1) is 8.36. The lowest BCUT2D eigenvalue weighted by Crippen LogP contribution is -2.24. The van der Waals surface area contributed by atoms with Gasteiger partial charge in [-0.25, -0.2) is 4.98 Å². The molecule has 1 rings (SSSR count). The van der Waals surface area contributed by atoms with E-state index in [-0.39, 0.29) is 12.1 Å². The fourth-order valence-electron chi connectivity index (χ4n) is 1.42. The molecule has 1 aromatic heterocycles. The van der Waals surface area contributed by atoms with Crippen LogP contribution < -0.4 is 5.32 Å². The number of nitrogens with one attached hydrogen (secondary N) is 1. The summed E-state index contributed by atoms with van der Waals surface area (Å²) in [7, 11) is 1.67. The third kappa shape index (κ3) is 3.94. The number of aliphatic hydroxyl groups is 2. The molecule has 0 saturated heterocycles. The van der Waals surface area contributed by atoms with E-state index in [4.69, 9.17) is 0 Å². The van der Waals surface area contributed by atoms with Gasteiger partial charge in [-0.2, -0.15) is 13.2 Å². The molecule has 102 valence electrons. The van der Waals surface area contributed by atoms with E-state index < -0.39 is 24.1 Å². The highest BCUT2D eigenvalue weighted by Crippen LogP contribution is 2.28. The van der Waals surface area contributed by atoms with Crippen LogP contribution in [0.15, 0.2) is 18.2 Å². The third-order valence-corrected chi connectivity index (χ3v) is 2.42. The molecule has 1 aromatic rings. The number of hydrogen-bond acceptors (Lipinski definition) is 4. The minimum absolute atomic E-state index is 0.187. The highest BCUT2D eigenvalue weighted by Gasteiger charge is 2.33. The van der Waals surface area contributed by atoms with E-state index in [1.54, 1.807) is 7.05 Å². The SMILES string of the molecule is CNCCC(O)C(O)c1cccc(C(F)(F)F)n1. The van der Waals surface area contributed by atoms with Crippen molar-refractivity contribution < 1.29 is 23.4 Å². The molecule has 7 heteroatoms. The van der Waals surface area contributed by atoms with E-state index in [1.807, 2.05) is 0 Å². The summed E-state index contributed by atoms with van der Waals surface area (Å²) in [4.78, 5) is 3.32. The van der Waals surface area contributed by atoms with Crippen LogP contribution >= 0.6 is 0 Å². The van der Waals surface area contributed by atoms with Crippen molar-refractivity contribution in [2.24, 2.45) is 0 Å². The Labute approximate surface area is 102 Å². The van der Waals surface area contributed by atoms with Gasteiger partial charge in [-0.1, -0.05) is 6.07 Å². The van der Waals surface area contributed by atoms with Crippen molar-refractivity contribution in [1.82, 2.24) is 10.3 Å². The lowest BCUT2D eigenvalue weighted by atomic mass is 10.1. The summed E-state index contributed by atoms with van der Waals surface area (Å²) in [6.07, 6.45) is -6.93. The Morgan fingerprint density at radius 3 is 2.56 bits per heavy atom. The summed E-state index contributed by atoms with van der Waals surface area (Å²) >= 11 is 0. The second-order valence-corrected chi connectivity index (χ2v) is 3.85. The standard InChI is InChI=1S/C11H15F3N2O2/c1-15-6-5-8(17)10(18)7-3-2-4-9(16-7)11(12,13)14/h2-4,8,10,15,17-18H,5-6H2,1H3. The molecular weight excluding hydrogens is 249 g/mol. The van der Waals surface area contributed by atoms with Gasteiger partial charge in [0, 0.05) is 0 Å². The monoisotopic (exact) mass is 264 g/mol. The average Bonchev–Trinajstić information content (AvgIpc) is 2.34. The molecule has 0 spiro atoms. The van der Waals surface area contributed by atoms with E-state index in [9.17, 15) is 23.4 Å². The molecule has 4 nitrogen and oxygen atoms in total. The lowest BCUT2D eigenvalue weighted by molar-refractivity contribution is -0.141. The van der Waals surface area contributed by atoms with Crippen LogP contribution in [0.2, 0.25) is 0 Å². The molecule has 1 heterocycles. The maximum atomic E-state index is 12.4. The van der Waals surface area contributed by atoms with Gasteiger partial charge in [0.1, 0.15) is 11.8 Å². The molecule has 0 bridgehead atoms. The predicted octanol–water partition coefficient (Wildman–Crippen LogP) is 1.10. The van der Waals surface area contributed by atoms with Crippen LogP contribution in [-0.4, -0.2) is 34.9 Å². The molecule has 2 atom stereocenters. The van der Waals surface area contributed by atoms with E-state index in [2.05, 4.69) is 10.3 Å². The maximum absolute atomic E-state index is 12.4. The summed E-state index contributed by atoms with van der Waals surface area (Å²) < 4.78 is 37.3. The minimum atomic E-state index is -4.56. The topological polar surface area (TPSA) is 65.4 Å². The summed E-state index contributed by atoms with van der Waals surface area (Å²) in [6.45, 7) is 0.442. The molecule has 0 aliphatic carbocycles. The number of halogens is 3. The van der Waals surface area contributed by atoms with Crippen LogP contribution in [0.25, 0.3) is 0 Å². The van der Waals surface area contributed by atoms with Crippen LogP contribution in [-0.2, 0) is 6.18 Å². The molecule has 2 unspecified atom stereocenters. The van der Waals surface area contributed by atoms with Gasteiger partial charge < -0.3 is 15.5 Å². The van der Waals surface area contributed by atoms with Crippen LogP contribution in [0.1, 0.15) is 23.9 Å². The van der Waals surface area contributed by atoms with Crippen molar-refractivity contribution in [3.05, 3.63) is 29.6 Å². The summed E-state index contributed by atoms with van der Waals surface area (Å²) in [5, 5.41) is 22.1. The predicted molar refractivity (Wildman–Crippen MR) is 58.7 cm³/mol. The van der Waals surface area contributed by atoms with Gasteiger partial charge in [-0.05, 0) is 32.1 Å². The Bertz CT molecular complexity index is 385. The van der Waals surface area contributed by atoms with Gasteiger partial charge in [0.05, 0.1) is 11.8 Å². The number of alkyl halides is 3. The van der Waals surface area contributed by atoms with E-state index in [0.717, 1.165) is 12.1 Å². The first-order valence-electron chi connectivity index (χ1n) is 5.41. The van der Waals surface area contributed by atoms with Gasteiger partial charge in [0.15, 0.2) is 0 Å². The number of pyridine rings is 1. The Kier molecular flexibility index (Phi) is 5.06. The smallest absolute Gasteiger partial charge is 0.390 e. The Morgan fingerprint density at radius 1 is 1.33 bits per heavy atom. The zero-order chi connectivity index (χ0) is 13.8. The zero-order valence-corrected chi connectivity index (χ0v) is 9.78. The second kappa shape index (κ2) is 6.12. The summed E-state index contributed by atoms with van der Waals surface area (Å²) in [5.41, 5.74) is -1.27. The molecular formula is C11H15F3N2O2. The average molecular weight is 264 g/mol. The van der Waals surface area contributed by atoms with E-state index >= 15 is 0 Å². The Balaban J connectivity index is 2.83. The third-order valence-electron chi connectivity index (χ3n) is 2.42.